The van der Waals surface area contributed by atoms with Crippen LogP contribution >= 0.6 is 0 Å². The Kier molecular flexibility index (Phi) is 3.56. The van der Waals surface area contributed by atoms with Crippen LogP contribution in [0, 0.1) is 11.3 Å². The van der Waals surface area contributed by atoms with Gasteiger partial charge in [0.2, 0.25) is 0 Å². The molecular weight excluding hydrogens is 140 g/mol. The van der Waals surface area contributed by atoms with E-state index in [0.29, 0.717) is 12.3 Å². The Morgan fingerprint density at radius 3 is 2.18 bits per heavy atom. The van der Waals surface area contributed by atoms with Crippen LogP contribution in [0.15, 0.2) is 0 Å². The molecule has 0 saturated carbocycles. The highest BCUT2D eigenvalue weighted by atomic mass is 16.4. The third-order valence-electron chi connectivity index (χ3n) is 2.27. The number of rotatable bonds is 3. The molecule has 2 nitrogen and oxygen atoms in total. The minimum absolute atomic E-state index is 0.232. The summed E-state index contributed by atoms with van der Waals surface area (Å²) >= 11 is 0. The monoisotopic (exact) mass is 158 g/mol. The van der Waals surface area contributed by atoms with Crippen molar-refractivity contribution < 1.29 is 9.90 Å². The Morgan fingerprint density at radius 2 is 1.91 bits per heavy atom. The topological polar surface area (TPSA) is 37.3 Å². The van der Waals surface area contributed by atoms with Gasteiger partial charge in [-0.15, -0.1) is 0 Å². The summed E-state index contributed by atoms with van der Waals surface area (Å²) in [6.45, 7) is 8.52. The molecule has 0 heterocycles. The highest BCUT2D eigenvalue weighted by Gasteiger charge is 2.20. The van der Waals surface area contributed by atoms with Crippen molar-refractivity contribution in [1.82, 2.24) is 0 Å². The fourth-order valence-electron chi connectivity index (χ4n) is 0.773. The fraction of sp³-hybridized carbons (Fsp3) is 0.889. The maximum absolute atomic E-state index is 10.2. The smallest absolute Gasteiger partial charge is 0.303 e. The predicted molar refractivity (Wildman–Crippen MR) is 45.5 cm³/mol. The largest absolute Gasteiger partial charge is 0.481 e. The molecule has 0 radical (unpaired) electrons. The lowest BCUT2D eigenvalue weighted by atomic mass is 9.79. The molecule has 0 rings (SSSR count). The molecule has 1 N–H and O–H groups in total. The van der Waals surface area contributed by atoms with Gasteiger partial charge in [-0.3, -0.25) is 4.79 Å². The summed E-state index contributed by atoms with van der Waals surface area (Å²) in [4.78, 5) is 10.2. The predicted octanol–water partition coefficient (Wildman–Crippen LogP) is 2.53. The number of aliphatic carboxylic acids is 1. The number of carboxylic acid groups (broad SMARTS) is 1. The SMILES string of the molecule is CC(CCC(=O)O)C(C)(C)C. The maximum Gasteiger partial charge on any atom is 0.303 e. The van der Waals surface area contributed by atoms with Crippen LogP contribution in [0.1, 0.15) is 40.5 Å². The Morgan fingerprint density at radius 1 is 1.45 bits per heavy atom. The van der Waals surface area contributed by atoms with Crippen molar-refractivity contribution in [3.05, 3.63) is 0 Å². The Bertz CT molecular complexity index is 133. The molecule has 1 unspecified atom stereocenters. The van der Waals surface area contributed by atoms with E-state index in [1.165, 1.54) is 0 Å². The Balaban J connectivity index is 3.70. The molecule has 0 bridgehead atoms. The van der Waals surface area contributed by atoms with E-state index < -0.39 is 5.97 Å². The minimum Gasteiger partial charge on any atom is -0.481 e. The van der Waals surface area contributed by atoms with Gasteiger partial charge in [-0.2, -0.15) is 0 Å². The number of carboxylic acids is 1. The highest BCUT2D eigenvalue weighted by Crippen LogP contribution is 2.28. The van der Waals surface area contributed by atoms with Crippen molar-refractivity contribution in [3.8, 4) is 0 Å². The standard InChI is InChI=1S/C9H18O2/c1-7(9(2,3)4)5-6-8(10)11/h7H,5-6H2,1-4H3,(H,10,11). The van der Waals surface area contributed by atoms with Crippen molar-refractivity contribution in [2.75, 3.05) is 0 Å². The van der Waals surface area contributed by atoms with Crippen LogP contribution in [0.2, 0.25) is 0 Å². The van der Waals surface area contributed by atoms with Crippen molar-refractivity contribution in [3.63, 3.8) is 0 Å². The van der Waals surface area contributed by atoms with E-state index in [1.54, 1.807) is 0 Å². The van der Waals surface area contributed by atoms with Gasteiger partial charge in [0.05, 0.1) is 0 Å². The molecule has 0 amide bonds. The van der Waals surface area contributed by atoms with Gasteiger partial charge in [-0.25, -0.2) is 0 Å². The molecule has 0 saturated heterocycles. The van der Waals surface area contributed by atoms with E-state index >= 15 is 0 Å². The summed E-state index contributed by atoms with van der Waals surface area (Å²) in [6.07, 6.45) is 1.07. The van der Waals surface area contributed by atoms with E-state index in [0.717, 1.165) is 6.42 Å². The van der Waals surface area contributed by atoms with Crippen molar-refractivity contribution in [1.29, 1.82) is 0 Å². The lowest BCUT2D eigenvalue weighted by Gasteiger charge is -2.26. The van der Waals surface area contributed by atoms with Gasteiger partial charge in [-0.05, 0) is 17.8 Å². The van der Waals surface area contributed by atoms with Crippen LogP contribution < -0.4 is 0 Å². The molecule has 2 heteroatoms. The van der Waals surface area contributed by atoms with Gasteiger partial charge in [-0.1, -0.05) is 27.7 Å². The molecule has 11 heavy (non-hydrogen) atoms. The number of hydrogen-bond acceptors (Lipinski definition) is 1. The van der Waals surface area contributed by atoms with Crippen LogP contribution in [0.4, 0.5) is 0 Å². The second-order valence-electron chi connectivity index (χ2n) is 4.20. The van der Waals surface area contributed by atoms with E-state index in [-0.39, 0.29) is 5.41 Å². The fourth-order valence-corrected chi connectivity index (χ4v) is 0.773. The zero-order valence-corrected chi connectivity index (χ0v) is 7.85. The first kappa shape index (κ1) is 10.5. The molecular formula is C9H18O2. The summed E-state index contributed by atoms with van der Waals surface area (Å²) in [5, 5.41) is 8.43. The van der Waals surface area contributed by atoms with Crippen molar-refractivity contribution in [2.45, 2.75) is 40.5 Å². The zero-order chi connectivity index (χ0) is 9.07. The molecule has 0 aromatic carbocycles. The first-order chi connectivity index (χ1) is 4.84. The summed E-state index contributed by atoms with van der Waals surface area (Å²) < 4.78 is 0. The van der Waals surface area contributed by atoms with Crippen molar-refractivity contribution in [2.24, 2.45) is 11.3 Å². The molecule has 0 aromatic rings. The first-order valence-corrected chi connectivity index (χ1v) is 4.06. The summed E-state index contributed by atoms with van der Waals surface area (Å²) in [6, 6.07) is 0. The second kappa shape index (κ2) is 3.74. The van der Waals surface area contributed by atoms with E-state index in [2.05, 4.69) is 27.7 Å². The zero-order valence-electron chi connectivity index (χ0n) is 7.85. The summed E-state index contributed by atoms with van der Waals surface area (Å²) in [5.74, 6) is -0.222. The summed E-state index contributed by atoms with van der Waals surface area (Å²) in [5.41, 5.74) is 0.232. The van der Waals surface area contributed by atoms with Gasteiger partial charge in [0, 0.05) is 6.42 Å². The van der Waals surface area contributed by atoms with Gasteiger partial charge in [0.25, 0.3) is 0 Å². The van der Waals surface area contributed by atoms with E-state index in [1.807, 2.05) is 0 Å². The van der Waals surface area contributed by atoms with Crippen LogP contribution in [-0.2, 0) is 4.79 Å². The third kappa shape index (κ3) is 4.82. The summed E-state index contributed by atoms with van der Waals surface area (Å²) in [7, 11) is 0. The average Bonchev–Trinajstić information content (AvgIpc) is 1.80. The third-order valence-corrected chi connectivity index (χ3v) is 2.27. The molecule has 1 atom stereocenters. The van der Waals surface area contributed by atoms with Crippen LogP contribution in [0.25, 0.3) is 0 Å². The van der Waals surface area contributed by atoms with Crippen LogP contribution in [0.5, 0.6) is 0 Å². The minimum atomic E-state index is -0.693. The van der Waals surface area contributed by atoms with E-state index in [9.17, 15) is 4.79 Å². The van der Waals surface area contributed by atoms with Crippen LogP contribution in [0.3, 0.4) is 0 Å². The van der Waals surface area contributed by atoms with Gasteiger partial charge in [0.1, 0.15) is 0 Å². The molecule has 0 aromatic heterocycles. The second-order valence-corrected chi connectivity index (χ2v) is 4.20. The average molecular weight is 158 g/mol. The lowest BCUT2D eigenvalue weighted by Crippen LogP contribution is -2.18. The molecule has 0 fully saturated rings. The van der Waals surface area contributed by atoms with Gasteiger partial charge < -0.3 is 5.11 Å². The van der Waals surface area contributed by atoms with Crippen LogP contribution in [-0.4, -0.2) is 11.1 Å². The molecule has 0 aliphatic rings. The highest BCUT2D eigenvalue weighted by molar-refractivity contribution is 5.66. The van der Waals surface area contributed by atoms with Gasteiger partial charge >= 0.3 is 5.97 Å². The first-order valence-electron chi connectivity index (χ1n) is 4.06. The maximum atomic E-state index is 10.2. The molecule has 66 valence electrons. The molecule has 0 spiro atoms. The Labute approximate surface area is 68.6 Å². The van der Waals surface area contributed by atoms with Gasteiger partial charge in [0.15, 0.2) is 0 Å². The van der Waals surface area contributed by atoms with E-state index in [4.69, 9.17) is 5.11 Å². The number of hydrogen-bond donors (Lipinski definition) is 1. The lowest BCUT2D eigenvalue weighted by molar-refractivity contribution is -0.137. The molecule has 0 aliphatic heterocycles. The quantitative estimate of drug-likeness (QED) is 0.685. The molecule has 0 aliphatic carbocycles. The normalized spacial score (nSPS) is 14.5. The number of carbonyl (C=O) groups is 1. The van der Waals surface area contributed by atoms with Crippen molar-refractivity contribution >= 4 is 5.97 Å². The Hall–Kier alpha value is -0.530.